The molecule has 1 aliphatic rings. The summed E-state index contributed by atoms with van der Waals surface area (Å²) in [4.78, 5) is 23.9. The number of benzene rings is 1. The molecular formula is C18H24N4O. The predicted molar refractivity (Wildman–Crippen MR) is 94.6 cm³/mol. The third-order valence-corrected chi connectivity index (χ3v) is 4.29. The molecule has 0 unspecified atom stereocenters. The Hall–Kier alpha value is -2.30. The number of nitrogens with one attached hydrogen (secondary N) is 1. The number of piperazine rings is 1. The minimum Gasteiger partial charge on any atom is -0.368 e. The molecule has 3 rings (SSSR count). The number of aromatic amines is 1. The van der Waals surface area contributed by atoms with E-state index in [1.54, 1.807) is 6.07 Å². The van der Waals surface area contributed by atoms with E-state index in [9.17, 15) is 4.79 Å². The van der Waals surface area contributed by atoms with E-state index in [0.717, 1.165) is 31.9 Å². The number of aryl methyl sites for hydroxylation is 1. The Morgan fingerprint density at radius 3 is 2.43 bits per heavy atom. The third-order valence-electron chi connectivity index (χ3n) is 4.29. The Morgan fingerprint density at radius 2 is 1.78 bits per heavy atom. The lowest BCUT2D eigenvalue weighted by Crippen LogP contribution is -2.47. The van der Waals surface area contributed by atoms with Crippen LogP contribution < -0.4 is 15.4 Å². The van der Waals surface area contributed by atoms with Crippen molar-refractivity contribution in [3.05, 3.63) is 51.9 Å². The summed E-state index contributed by atoms with van der Waals surface area (Å²) in [6.07, 6.45) is 0. The first kappa shape index (κ1) is 15.6. The van der Waals surface area contributed by atoms with Gasteiger partial charge in [-0.2, -0.15) is 0 Å². The van der Waals surface area contributed by atoms with Crippen LogP contribution in [0.15, 0.2) is 35.1 Å². The second-order valence-corrected chi connectivity index (χ2v) is 6.46. The first-order valence-corrected chi connectivity index (χ1v) is 8.21. The van der Waals surface area contributed by atoms with Gasteiger partial charge >= 0.3 is 0 Å². The normalized spacial score (nSPS) is 15.3. The molecule has 2 aromatic rings. The van der Waals surface area contributed by atoms with Crippen LogP contribution in [0.25, 0.3) is 0 Å². The van der Waals surface area contributed by atoms with Gasteiger partial charge in [-0.25, -0.2) is 4.98 Å². The number of hydrogen-bond donors (Lipinski definition) is 1. The standard InChI is InChI=1S/C18H24N4O/c1-13(2)16-12-17(23)20-18(19-16)22-9-7-21(8-10-22)15-6-4-5-14(3)11-15/h4-6,11-13H,7-10H2,1-3H3,(H,19,20,23). The molecule has 0 spiro atoms. The van der Waals surface area contributed by atoms with Crippen molar-refractivity contribution in [3.8, 4) is 0 Å². The maximum absolute atomic E-state index is 11.8. The summed E-state index contributed by atoms with van der Waals surface area (Å²) in [5.41, 5.74) is 3.33. The zero-order valence-electron chi connectivity index (χ0n) is 14.0. The minimum atomic E-state index is -0.0696. The monoisotopic (exact) mass is 312 g/mol. The van der Waals surface area contributed by atoms with Gasteiger partial charge in [0.25, 0.3) is 5.56 Å². The zero-order valence-corrected chi connectivity index (χ0v) is 14.0. The quantitative estimate of drug-likeness (QED) is 0.946. The van der Waals surface area contributed by atoms with E-state index in [0.29, 0.717) is 5.95 Å². The molecule has 5 nitrogen and oxygen atoms in total. The summed E-state index contributed by atoms with van der Waals surface area (Å²) < 4.78 is 0. The molecule has 2 heterocycles. The number of H-pyrrole nitrogens is 1. The van der Waals surface area contributed by atoms with E-state index in [1.165, 1.54) is 11.3 Å². The number of anilines is 2. The largest absolute Gasteiger partial charge is 0.368 e. The summed E-state index contributed by atoms with van der Waals surface area (Å²) in [7, 11) is 0. The number of nitrogens with zero attached hydrogens (tertiary/aromatic N) is 3. The van der Waals surface area contributed by atoms with Gasteiger partial charge in [0.05, 0.1) is 5.69 Å². The highest BCUT2D eigenvalue weighted by molar-refractivity contribution is 5.50. The first-order chi connectivity index (χ1) is 11.0. The van der Waals surface area contributed by atoms with Crippen LogP contribution in [-0.4, -0.2) is 36.1 Å². The van der Waals surface area contributed by atoms with Crippen molar-refractivity contribution in [3.63, 3.8) is 0 Å². The lowest BCUT2D eigenvalue weighted by atomic mass is 10.1. The highest BCUT2D eigenvalue weighted by Crippen LogP contribution is 2.20. The predicted octanol–water partition coefficient (Wildman–Crippen LogP) is 2.53. The average molecular weight is 312 g/mol. The fourth-order valence-corrected chi connectivity index (χ4v) is 2.91. The highest BCUT2D eigenvalue weighted by Gasteiger charge is 2.19. The molecule has 1 N–H and O–H groups in total. The Labute approximate surface area is 137 Å². The second-order valence-electron chi connectivity index (χ2n) is 6.46. The van der Waals surface area contributed by atoms with Crippen molar-refractivity contribution in [2.75, 3.05) is 36.0 Å². The molecule has 1 fully saturated rings. The Kier molecular flexibility index (Phi) is 4.37. The van der Waals surface area contributed by atoms with Crippen LogP contribution in [-0.2, 0) is 0 Å². The lowest BCUT2D eigenvalue weighted by molar-refractivity contribution is 0.635. The molecule has 5 heteroatoms. The molecule has 23 heavy (non-hydrogen) atoms. The molecule has 1 aromatic heterocycles. The average Bonchev–Trinajstić information content (AvgIpc) is 2.54. The zero-order chi connectivity index (χ0) is 16.4. The summed E-state index contributed by atoms with van der Waals surface area (Å²) in [6, 6.07) is 10.2. The van der Waals surface area contributed by atoms with Crippen molar-refractivity contribution < 1.29 is 0 Å². The summed E-state index contributed by atoms with van der Waals surface area (Å²) in [5, 5.41) is 0. The number of rotatable bonds is 3. The number of aromatic nitrogens is 2. The Morgan fingerprint density at radius 1 is 1.09 bits per heavy atom. The fourth-order valence-electron chi connectivity index (χ4n) is 2.91. The smallest absolute Gasteiger partial charge is 0.252 e. The molecule has 0 radical (unpaired) electrons. The third kappa shape index (κ3) is 3.55. The molecule has 1 aromatic carbocycles. The molecule has 1 aliphatic heterocycles. The maximum Gasteiger partial charge on any atom is 0.252 e. The molecule has 0 aliphatic carbocycles. The van der Waals surface area contributed by atoms with Crippen molar-refractivity contribution >= 4 is 11.6 Å². The van der Waals surface area contributed by atoms with Crippen LogP contribution in [0.2, 0.25) is 0 Å². The Bertz CT molecular complexity index is 730. The van der Waals surface area contributed by atoms with Crippen molar-refractivity contribution in [2.45, 2.75) is 26.7 Å². The maximum atomic E-state index is 11.8. The van der Waals surface area contributed by atoms with Crippen LogP contribution in [0.1, 0.15) is 31.0 Å². The molecule has 0 amide bonds. The van der Waals surface area contributed by atoms with Gasteiger partial charge < -0.3 is 9.80 Å². The molecular weight excluding hydrogens is 288 g/mol. The summed E-state index contributed by atoms with van der Waals surface area (Å²) >= 11 is 0. The van der Waals surface area contributed by atoms with Gasteiger partial charge in [-0.3, -0.25) is 9.78 Å². The van der Waals surface area contributed by atoms with Gasteiger partial charge in [-0.1, -0.05) is 26.0 Å². The van der Waals surface area contributed by atoms with Gasteiger partial charge in [0.2, 0.25) is 5.95 Å². The van der Waals surface area contributed by atoms with Gasteiger partial charge in [-0.15, -0.1) is 0 Å². The molecule has 0 bridgehead atoms. The van der Waals surface area contributed by atoms with Crippen molar-refractivity contribution in [1.82, 2.24) is 9.97 Å². The lowest BCUT2D eigenvalue weighted by Gasteiger charge is -2.36. The second kappa shape index (κ2) is 6.44. The van der Waals surface area contributed by atoms with E-state index in [2.05, 4.69) is 64.8 Å². The summed E-state index contributed by atoms with van der Waals surface area (Å²) in [5.74, 6) is 0.953. The van der Waals surface area contributed by atoms with E-state index in [-0.39, 0.29) is 11.5 Å². The van der Waals surface area contributed by atoms with Crippen molar-refractivity contribution in [1.29, 1.82) is 0 Å². The van der Waals surface area contributed by atoms with E-state index >= 15 is 0 Å². The Balaban J connectivity index is 1.73. The molecule has 0 atom stereocenters. The van der Waals surface area contributed by atoms with E-state index in [4.69, 9.17) is 0 Å². The fraction of sp³-hybridized carbons (Fsp3) is 0.444. The van der Waals surface area contributed by atoms with Gasteiger partial charge in [0, 0.05) is 37.9 Å². The van der Waals surface area contributed by atoms with Crippen LogP contribution in [0.3, 0.4) is 0 Å². The highest BCUT2D eigenvalue weighted by atomic mass is 16.1. The van der Waals surface area contributed by atoms with E-state index in [1.807, 2.05) is 0 Å². The van der Waals surface area contributed by atoms with E-state index < -0.39 is 0 Å². The molecule has 122 valence electrons. The van der Waals surface area contributed by atoms with Gasteiger partial charge in [0.15, 0.2) is 0 Å². The summed E-state index contributed by atoms with van der Waals surface area (Å²) in [6.45, 7) is 9.81. The van der Waals surface area contributed by atoms with Crippen molar-refractivity contribution in [2.24, 2.45) is 0 Å². The van der Waals surface area contributed by atoms with Crippen LogP contribution in [0.5, 0.6) is 0 Å². The molecule has 1 saturated heterocycles. The SMILES string of the molecule is Cc1cccc(N2CCN(c3nc(C(C)C)cc(=O)[nH]3)CC2)c1. The minimum absolute atomic E-state index is 0.0696. The van der Waals surface area contributed by atoms with Crippen LogP contribution in [0.4, 0.5) is 11.6 Å². The van der Waals surface area contributed by atoms with Gasteiger partial charge in [0.1, 0.15) is 0 Å². The van der Waals surface area contributed by atoms with Gasteiger partial charge in [-0.05, 0) is 30.5 Å². The first-order valence-electron chi connectivity index (χ1n) is 8.21. The number of hydrogen-bond acceptors (Lipinski definition) is 4. The van der Waals surface area contributed by atoms with Crippen LogP contribution in [0, 0.1) is 6.92 Å². The topological polar surface area (TPSA) is 52.2 Å². The molecule has 0 saturated carbocycles. The van der Waals surface area contributed by atoms with Crippen LogP contribution >= 0.6 is 0 Å².